The molecule has 1 amide bonds. The molecule has 4 unspecified atom stereocenters. The fraction of sp³-hybridized carbons (Fsp3) is 0.696. The summed E-state index contributed by atoms with van der Waals surface area (Å²) in [6.45, 7) is 4.79. The molecule has 29 heavy (non-hydrogen) atoms. The molecule has 6 heteroatoms. The van der Waals surface area contributed by atoms with Crippen molar-refractivity contribution in [2.45, 2.75) is 57.7 Å². The quantitative estimate of drug-likeness (QED) is 0.810. The average molecular weight is 404 g/mol. The van der Waals surface area contributed by atoms with Gasteiger partial charge in [0.2, 0.25) is 0 Å². The molecule has 1 aromatic carbocycles. The Hall–Kier alpha value is -1.95. The number of hydrogen-bond donors (Lipinski definition) is 1. The third-order valence-electron chi connectivity index (χ3n) is 7.66. The second-order valence-corrected chi connectivity index (χ2v) is 9.33. The number of carbonyl (C=O) groups is 1. The summed E-state index contributed by atoms with van der Waals surface area (Å²) in [4.78, 5) is 13.8. The molecule has 1 aliphatic heterocycles. The van der Waals surface area contributed by atoms with Crippen molar-refractivity contribution in [3.63, 3.8) is 0 Å². The number of rotatable bonds is 5. The van der Waals surface area contributed by atoms with Gasteiger partial charge in [-0.15, -0.1) is 0 Å². The van der Waals surface area contributed by atoms with Crippen molar-refractivity contribution in [3.05, 3.63) is 23.8 Å². The molecule has 0 radical (unpaired) electrons. The van der Waals surface area contributed by atoms with Crippen molar-refractivity contribution in [1.29, 1.82) is 0 Å². The minimum Gasteiger partial charge on any atom is -0.493 e. The maximum atomic E-state index is 12.1. The molecule has 6 atom stereocenters. The number of hydrogen-bond acceptors (Lipinski definition) is 5. The monoisotopic (exact) mass is 403 g/mol. The van der Waals surface area contributed by atoms with Crippen molar-refractivity contribution in [2.24, 2.45) is 17.3 Å². The van der Waals surface area contributed by atoms with Gasteiger partial charge in [0, 0.05) is 24.4 Å². The van der Waals surface area contributed by atoms with Crippen LogP contribution in [0.2, 0.25) is 0 Å². The van der Waals surface area contributed by atoms with Gasteiger partial charge in [0.25, 0.3) is 0 Å². The highest BCUT2D eigenvalue weighted by Crippen LogP contribution is 2.49. The molecule has 160 valence electrons. The van der Waals surface area contributed by atoms with Gasteiger partial charge in [-0.25, -0.2) is 4.79 Å². The van der Waals surface area contributed by atoms with Crippen LogP contribution in [-0.2, 0) is 4.74 Å². The average Bonchev–Trinajstić information content (AvgIpc) is 3.42. The van der Waals surface area contributed by atoms with Gasteiger partial charge in [-0.1, -0.05) is 13.0 Å². The molecule has 0 aromatic heterocycles. The summed E-state index contributed by atoms with van der Waals surface area (Å²) in [5, 5.41) is 10.6. The van der Waals surface area contributed by atoms with E-state index in [1.54, 1.807) is 18.9 Å². The van der Waals surface area contributed by atoms with E-state index in [0.29, 0.717) is 19.0 Å². The minimum absolute atomic E-state index is 0.0186. The smallest absolute Gasteiger partial charge is 0.409 e. The Morgan fingerprint density at radius 1 is 1.24 bits per heavy atom. The molecule has 4 rings (SSSR count). The Morgan fingerprint density at radius 3 is 2.62 bits per heavy atom. The van der Waals surface area contributed by atoms with E-state index in [1.165, 1.54) is 26.4 Å². The molecular formula is C23H33NO5. The first-order valence-electron chi connectivity index (χ1n) is 10.7. The summed E-state index contributed by atoms with van der Waals surface area (Å²) in [7, 11) is 3.06. The lowest BCUT2D eigenvalue weighted by Crippen LogP contribution is -2.38. The number of amides is 1. The molecule has 2 bridgehead atoms. The van der Waals surface area contributed by atoms with Gasteiger partial charge in [0.1, 0.15) is 6.10 Å². The Bertz CT molecular complexity index is 766. The molecule has 1 aromatic rings. The van der Waals surface area contributed by atoms with Crippen LogP contribution in [0.4, 0.5) is 4.79 Å². The number of ether oxygens (including phenoxy) is 3. The number of nitrogens with zero attached hydrogens (tertiary/aromatic N) is 1. The molecule has 3 fully saturated rings. The van der Waals surface area contributed by atoms with E-state index in [0.717, 1.165) is 29.4 Å². The summed E-state index contributed by atoms with van der Waals surface area (Å²) >= 11 is 0. The van der Waals surface area contributed by atoms with Gasteiger partial charge >= 0.3 is 6.09 Å². The Balaban J connectivity index is 1.62. The predicted octanol–water partition coefficient (Wildman–Crippen LogP) is 3.82. The van der Waals surface area contributed by atoms with E-state index in [1.807, 2.05) is 19.1 Å². The predicted molar refractivity (Wildman–Crippen MR) is 109 cm³/mol. The third-order valence-corrected chi connectivity index (χ3v) is 7.66. The van der Waals surface area contributed by atoms with Crippen molar-refractivity contribution in [2.75, 3.05) is 27.3 Å². The lowest BCUT2D eigenvalue weighted by Gasteiger charge is -2.34. The fourth-order valence-corrected chi connectivity index (χ4v) is 5.69. The van der Waals surface area contributed by atoms with Crippen LogP contribution in [0.5, 0.6) is 11.5 Å². The Morgan fingerprint density at radius 2 is 2.03 bits per heavy atom. The molecule has 1 N–H and O–H groups in total. The van der Waals surface area contributed by atoms with Crippen LogP contribution in [0.1, 0.15) is 51.0 Å². The number of carbonyl (C=O) groups excluding carboxylic acids is 1. The van der Waals surface area contributed by atoms with E-state index in [-0.39, 0.29) is 18.1 Å². The van der Waals surface area contributed by atoms with Crippen LogP contribution in [0.15, 0.2) is 18.2 Å². The van der Waals surface area contributed by atoms with Crippen LogP contribution >= 0.6 is 0 Å². The maximum absolute atomic E-state index is 12.1. The van der Waals surface area contributed by atoms with Crippen LogP contribution < -0.4 is 9.47 Å². The first-order valence-corrected chi connectivity index (χ1v) is 10.7. The van der Waals surface area contributed by atoms with Crippen LogP contribution in [0.3, 0.4) is 0 Å². The Labute approximate surface area is 173 Å². The topological polar surface area (TPSA) is 68.2 Å². The van der Waals surface area contributed by atoms with Crippen molar-refractivity contribution in [3.8, 4) is 11.5 Å². The first kappa shape index (κ1) is 20.3. The highest BCUT2D eigenvalue weighted by Gasteiger charge is 2.49. The van der Waals surface area contributed by atoms with Crippen molar-refractivity contribution < 1.29 is 24.1 Å². The largest absolute Gasteiger partial charge is 0.493 e. The first-order chi connectivity index (χ1) is 13.9. The standard InChI is InChI=1S/C23H33NO5/c1-14(25)23(2)13-24(22(26)28-4)12-18(23)16-7-8-19(27-3)21(11-16)29-20-10-15-5-6-17(20)9-15/h7-8,11,14-15,17-18,20,25H,5-6,9-10,12-13H2,1-4H3/t14?,15?,17?,18-,20?,23-/m0/s1. The summed E-state index contributed by atoms with van der Waals surface area (Å²) in [6.07, 6.45) is 4.34. The zero-order chi connectivity index (χ0) is 20.8. The van der Waals surface area contributed by atoms with Gasteiger partial charge in [-0.2, -0.15) is 0 Å². The SMILES string of the molecule is COC(=O)N1C[C@@H](c2ccc(OC)c(OC3CC4CCC3C4)c2)[C@](C)(C(C)O)C1. The second kappa shape index (κ2) is 7.71. The fourth-order valence-electron chi connectivity index (χ4n) is 5.69. The number of aliphatic hydroxyl groups is 1. The number of methoxy groups -OCH3 is 2. The van der Waals surface area contributed by atoms with Crippen LogP contribution in [0.25, 0.3) is 0 Å². The number of fused-ring (bicyclic) bond motifs is 2. The summed E-state index contributed by atoms with van der Waals surface area (Å²) in [5.41, 5.74) is 0.589. The summed E-state index contributed by atoms with van der Waals surface area (Å²) in [5.74, 6) is 2.94. The molecule has 2 saturated carbocycles. The Kier molecular flexibility index (Phi) is 5.40. The second-order valence-electron chi connectivity index (χ2n) is 9.33. The van der Waals surface area contributed by atoms with Crippen LogP contribution in [0, 0.1) is 17.3 Å². The molecule has 0 spiro atoms. The molecular weight excluding hydrogens is 370 g/mol. The zero-order valence-electron chi connectivity index (χ0n) is 17.9. The maximum Gasteiger partial charge on any atom is 0.409 e. The van der Waals surface area contributed by atoms with Gasteiger partial charge in [-0.3, -0.25) is 0 Å². The number of likely N-dealkylation sites (tertiary alicyclic amines) is 1. The molecule has 6 nitrogen and oxygen atoms in total. The van der Waals surface area contributed by atoms with Gasteiger partial charge in [-0.05, 0) is 62.1 Å². The molecule has 1 heterocycles. The van der Waals surface area contributed by atoms with E-state index in [9.17, 15) is 9.90 Å². The molecule has 1 saturated heterocycles. The van der Waals surface area contributed by atoms with Gasteiger partial charge in [0.15, 0.2) is 11.5 Å². The van der Waals surface area contributed by atoms with Crippen molar-refractivity contribution in [1.82, 2.24) is 4.90 Å². The normalized spacial score (nSPS) is 34.3. The van der Waals surface area contributed by atoms with E-state index < -0.39 is 11.5 Å². The lowest BCUT2D eigenvalue weighted by atomic mass is 9.72. The van der Waals surface area contributed by atoms with E-state index >= 15 is 0 Å². The summed E-state index contributed by atoms with van der Waals surface area (Å²) in [6, 6.07) is 6.02. The highest BCUT2D eigenvalue weighted by atomic mass is 16.5. The molecule has 2 aliphatic carbocycles. The number of benzene rings is 1. The lowest BCUT2D eigenvalue weighted by molar-refractivity contribution is 0.0469. The van der Waals surface area contributed by atoms with E-state index in [4.69, 9.17) is 14.2 Å². The molecule has 3 aliphatic rings. The summed E-state index contributed by atoms with van der Waals surface area (Å²) < 4.78 is 17.0. The van der Waals surface area contributed by atoms with Crippen molar-refractivity contribution >= 4 is 6.09 Å². The van der Waals surface area contributed by atoms with E-state index in [2.05, 4.69) is 6.07 Å². The minimum atomic E-state index is -0.570. The van der Waals surface area contributed by atoms with Gasteiger partial charge in [0.05, 0.1) is 20.3 Å². The highest BCUT2D eigenvalue weighted by molar-refractivity contribution is 5.68. The van der Waals surface area contributed by atoms with Crippen LogP contribution in [-0.4, -0.2) is 55.6 Å². The number of aliphatic hydroxyl groups excluding tert-OH is 1. The van der Waals surface area contributed by atoms with Gasteiger partial charge < -0.3 is 24.2 Å². The third kappa shape index (κ3) is 3.56. The zero-order valence-corrected chi connectivity index (χ0v) is 17.9.